The molecule has 3 atom stereocenters. The predicted molar refractivity (Wildman–Crippen MR) is 91.8 cm³/mol. The quantitative estimate of drug-likeness (QED) is 0.779. The Hall–Kier alpha value is -0.130. The van der Waals surface area contributed by atoms with Crippen molar-refractivity contribution in [2.24, 2.45) is 23.2 Å². The Morgan fingerprint density at radius 2 is 1.50 bits per heavy atom. The molecule has 5 heteroatoms. The third-order valence-electron chi connectivity index (χ3n) is 5.40. The summed E-state index contributed by atoms with van der Waals surface area (Å²) in [6.45, 7) is 13.9. The summed E-state index contributed by atoms with van der Waals surface area (Å²) in [5, 5.41) is 0. The van der Waals surface area contributed by atoms with Gasteiger partial charge >= 0.3 is 0 Å². The molecule has 2 aliphatic rings. The normalized spacial score (nSPS) is 33.6. The van der Waals surface area contributed by atoms with Gasteiger partial charge in [-0.1, -0.05) is 34.6 Å². The number of hydrogen-bond acceptors (Lipinski definition) is 2. The summed E-state index contributed by atoms with van der Waals surface area (Å²) < 4.78 is 29.5. The molecule has 0 aromatic heterocycles. The molecule has 0 bridgehead atoms. The summed E-state index contributed by atoms with van der Waals surface area (Å²) in [4.78, 5) is 0. The van der Waals surface area contributed by atoms with Crippen molar-refractivity contribution in [2.75, 3.05) is 26.2 Å². The van der Waals surface area contributed by atoms with Crippen LogP contribution in [0.15, 0.2) is 0 Å². The maximum atomic E-state index is 13.0. The first-order valence-corrected chi connectivity index (χ1v) is 10.3. The van der Waals surface area contributed by atoms with E-state index in [9.17, 15) is 8.42 Å². The van der Waals surface area contributed by atoms with Gasteiger partial charge in [0.1, 0.15) is 0 Å². The van der Waals surface area contributed by atoms with Gasteiger partial charge in [-0.2, -0.15) is 17.0 Å². The van der Waals surface area contributed by atoms with Crippen molar-refractivity contribution in [1.82, 2.24) is 8.61 Å². The highest BCUT2D eigenvalue weighted by Gasteiger charge is 2.37. The Labute approximate surface area is 137 Å². The maximum absolute atomic E-state index is 13.0. The van der Waals surface area contributed by atoms with Gasteiger partial charge in [0.25, 0.3) is 10.2 Å². The molecule has 130 valence electrons. The zero-order chi connectivity index (χ0) is 16.5. The molecule has 2 saturated heterocycles. The molecule has 0 radical (unpaired) electrons. The summed E-state index contributed by atoms with van der Waals surface area (Å²) in [7, 11) is -3.28. The summed E-state index contributed by atoms with van der Waals surface area (Å²) in [5.74, 6) is 1.55. The van der Waals surface area contributed by atoms with Gasteiger partial charge in [-0.05, 0) is 48.9 Å². The first-order valence-electron chi connectivity index (χ1n) is 8.86. The van der Waals surface area contributed by atoms with E-state index in [1.807, 2.05) is 0 Å². The molecule has 0 aliphatic carbocycles. The highest BCUT2D eigenvalue weighted by atomic mass is 32.2. The van der Waals surface area contributed by atoms with Crippen LogP contribution in [0.5, 0.6) is 0 Å². The predicted octanol–water partition coefficient (Wildman–Crippen LogP) is 3.36. The van der Waals surface area contributed by atoms with Gasteiger partial charge in [0.15, 0.2) is 0 Å². The zero-order valence-electron chi connectivity index (χ0n) is 15.0. The molecule has 2 rings (SSSR count). The van der Waals surface area contributed by atoms with Crippen LogP contribution >= 0.6 is 0 Å². The van der Waals surface area contributed by atoms with Crippen LogP contribution in [-0.2, 0) is 10.2 Å². The fourth-order valence-corrected chi connectivity index (χ4v) is 6.03. The highest BCUT2D eigenvalue weighted by molar-refractivity contribution is 7.86. The lowest BCUT2D eigenvalue weighted by Gasteiger charge is -2.37. The van der Waals surface area contributed by atoms with Crippen molar-refractivity contribution in [3.8, 4) is 0 Å². The summed E-state index contributed by atoms with van der Waals surface area (Å²) >= 11 is 0. The Kier molecular flexibility index (Phi) is 5.61. The van der Waals surface area contributed by atoms with Crippen LogP contribution < -0.4 is 0 Å². The largest absolute Gasteiger partial charge is 0.281 e. The standard InChI is InChI=1S/C17H34N2O2S/c1-14-11-15(2)13-19(12-14)22(20,21)18-9-6-7-16(8-10-18)17(3,4)5/h14-16H,6-13H2,1-5H3/t14-,15-,16+/m1/s1. The van der Waals surface area contributed by atoms with Crippen molar-refractivity contribution in [1.29, 1.82) is 0 Å². The van der Waals surface area contributed by atoms with E-state index in [1.165, 1.54) is 0 Å². The van der Waals surface area contributed by atoms with E-state index in [2.05, 4.69) is 34.6 Å². The second-order valence-electron chi connectivity index (χ2n) is 8.66. The van der Waals surface area contributed by atoms with Crippen molar-refractivity contribution in [3.05, 3.63) is 0 Å². The molecule has 0 spiro atoms. The Morgan fingerprint density at radius 3 is 2.05 bits per heavy atom. The molecule has 2 fully saturated rings. The number of piperidine rings is 1. The Bertz CT molecular complexity index is 460. The topological polar surface area (TPSA) is 40.6 Å². The van der Waals surface area contributed by atoms with E-state index in [4.69, 9.17) is 0 Å². The lowest BCUT2D eigenvalue weighted by atomic mass is 9.77. The highest BCUT2D eigenvalue weighted by Crippen LogP contribution is 2.35. The molecule has 2 aliphatic heterocycles. The monoisotopic (exact) mass is 330 g/mol. The molecule has 0 unspecified atom stereocenters. The molecule has 4 nitrogen and oxygen atoms in total. The van der Waals surface area contributed by atoms with Gasteiger partial charge in [-0.3, -0.25) is 0 Å². The summed E-state index contributed by atoms with van der Waals surface area (Å²) in [6.07, 6.45) is 4.25. The average molecular weight is 331 g/mol. The zero-order valence-corrected chi connectivity index (χ0v) is 15.8. The van der Waals surface area contributed by atoms with Crippen LogP contribution in [0.2, 0.25) is 0 Å². The smallest absolute Gasteiger partial charge is 0.195 e. The second-order valence-corrected chi connectivity index (χ2v) is 10.6. The van der Waals surface area contributed by atoms with Crippen LogP contribution in [-0.4, -0.2) is 43.2 Å². The van der Waals surface area contributed by atoms with E-state index in [0.29, 0.717) is 43.9 Å². The van der Waals surface area contributed by atoms with Crippen molar-refractivity contribution < 1.29 is 8.42 Å². The molecule has 22 heavy (non-hydrogen) atoms. The SMILES string of the molecule is C[C@@H]1C[C@@H](C)CN(S(=O)(=O)N2CCC[C@H](C(C)(C)C)CC2)C1. The maximum Gasteiger partial charge on any atom is 0.281 e. The minimum absolute atomic E-state index is 0.272. The van der Waals surface area contributed by atoms with Crippen LogP contribution in [0.1, 0.15) is 60.3 Å². The Morgan fingerprint density at radius 1 is 0.909 bits per heavy atom. The summed E-state index contributed by atoms with van der Waals surface area (Å²) in [5.41, 5.74) is 0.272. The van der Waals surface area contributed by atoms with Gasteiger partial charge in [0.05, 0.1) is 0 Å². The molecule has 0 N–H and O–H groups in total. The lowest BCUT2D eigenvalue weighted by molar-refractivity contribution is 0.203. The van der Waals surface area contributed by atoms with E-state index >= 15 is 0 Å². The van der Waals surface area contributed by atoms with E-state index in [-0.39, 0.29) is 5.41 Å². The first kappa shape index (κ1) is 18.2. The van der Waals surface area contributed by atoms with Gasteiger partial charge in [0.2, 0.25) is 0 Å². The third kappa shape index (κ3) is 4.24. The van der Waals surface area contributed by atoms with Crippen LogP contribution in [0.3, 0.4) is 0 Å². The molecule has 0 aromatic carbocycles. The number of nitrogens with zero attached hydrogens (tertiary/aromatic N) is 2. The number of rotatable bonds is 2. The van der Waals surface area contributed by atoms with Gasteiger partial charge < -0.3 is 0 Å². The molecular weight excluding hydrogens is 296 g/mol. The van der Waals surface area contributed by atoms with Crippen LogP contribution in [0.4, 0.5) is 0 Å². The molecule has 0 aromatic rings. The molecule has 2 heterocycles. The van der Waals surface area contributed by atoms with Crippen molar-refractivity contribution in [2.45, 2.75) is 60.3 Å². The molecule has 0 amide bonds. The average Bonchev–Trinajstić information content (AvgIpc) is 2.63. The van der Waals surface area contributed by atoms with E-state index < -0.39 is 10.2 Å². The Balaban J connectivity index is 2.06. The lowest BCUT2D eigenvalue weighted by Crippen LogP contribution is -2.49. The fourth-order valence-electron chi connectivity index (χ4n) is 4.12. The van der Waals surface area contributed by atoms with Gasteiger partial charge in [-0.25, -0.2) is 0 Å². The second kappa shape index (κ2) is 6.78. The van der Waals surface area contributed by atoms with Crippen LogP contribution in [0.25, 0.3) is 0 Å². The minimum Gasteiger partial charge on any atom is -0.195 e. The van der Waals surface area contributed by atoms with Crippen LogP contribution in [0, 0.1) is 23.2 Å². The van der Waals surface area contributed by atoms with Crippen molar-refractivity contribution in [3.63, 3.8) is 0 Å². The third-order valence-corrected chi connectivity index (χ3v) is 7.37. The minimum atomic E-state index is -3.28. The summed E-state index contributed by atoms with van der Waals surface area (Å²) in [6, 6.07) is 0. The number of hydrogen-bond donors (Lipinski definition) is 0. The van der Waals surface area contributed by atoms with E-state index in [1.54, 1.807) is 8.61 Å². The van der Waals surface area contributed by atoms with E-state index in [0.717, 1.165) is 25.7 Å². The van der Waals surface area contributed by atoms with Crippen molar-refractivity contribution >= 4 is 10.2 Å². The molecule has 0 saturated carbocycles. The first-order chi connectivity index (χ1) is 10.1. The van der Waals surface area contributed by atoms with Gasteiger partial charge in [-0.15, -0.1) is 0 Å². The van der Waals surface area contributed by atoms with Gasteiger partial charge in [0, 0.05) is 26.2 Å². The fraction of sp³-hybridized carbons (Fsp3) is 1.00. The molecular formula is C17H34N2O2S.